The average Bonchev–Trinajstić information content (AvgIpc) is 3.40. The minimum absolute atomic E-state index is 0.0804. The summed E-state index contributed by atoms with van der Waals surface area (Å²) in [6.07, 6.45) is 1.65. The summed E-state index contributed by atoms with van der Waals surface area (Å²) in [5.74, 6) is 0.792. The van der Waals surface area contributed by atoms with Gasteiger partial charge in [-0.15, -0.1) is 0 Å². The highest BCUT2D eigenvalue weighted by atomic mass is 16.6. The maximum atomic E-state index is 14.2. The highest BCUT2D eigenvalue weighted by molar-refractivity contribution is 6.25. The Labute approximate surface area is 238 Å². The third-order valence-electron chi connectivity index (χ3n) is 6.85. The van der Waals surface area contributed by atoms with Crippen LogP contribution in [0.5, 0.6) is 0 Å². The van der Waals surface area contributed by atoms with Gasteiger partial charge in [0.05, 0.1) is 37.9 Å². The summed E-state index contributed by atoms with van der Waals surface area (Å²) in [4.78, 5) is 33.3. The summed E-state index contributed by atoms with van der Waals surface area (Å²) in [7, 11) is 3.26. The summed E-state index contributed by atoms with van der Waals surface area (Å²) in [6, 6.07) is 4.20. The Balaban J connectivity index is 2.23. The first-order valence-corrected chi connectivity index (χ1v) is 14.1. The van der Waals surface area contributed by atoms with E-state index in [1.165, 1.54) is 0 Å². The monoisotopic (exact) mass is 556 g/mol. The van der Waals surface area contributed by atoms with E-state index < -0.39 is 11.7 Å². The first kappa shape index (κ1) is 31.3. The van der Waals surface area contributed by atoms with Gasteiger partial charge in [0.25, 0.3) is 11.7 Å². The number of aliphatic imine (C=N–C) groups is 1. The zero-order valence-electron chi connectivity index (χ0n) is 25.6. The fourth-order valence-electron chi connectivity index (χ4n) is 5.16. The number of aromatic nitrogens is 2. The van der Waals surface area contributed by atoms with Gasteiger partial charge in [-0.05, 0) is 66.2 Å². The number of fused-ring (bicyclic) bond motifs is 1. The fraction of sp³-hybridized carbons (Fsp3) is 0.600. The molecule has 0 fully saturated rings. The molecule has 2 heterocycles. The number of rotatable bonds is 12. The molecule has 1 aromatic heterocycles. The molecule has 2 amide bonds. The van der Waals surface area contributed by atoms with Gasteiger partial charge in [-0.1, -0.05) is 6.08 Å². The van der Waals surface area contributed by atoms with E-state index in [-0.39, 0.29) is 18.5 Å². The number of methoxy groups -OCH3 is 2. The van der Waals surface area contributed by atoms with Crippen LogP contribution in [0, 0.1) is 0 Å². The van der Waals surface area contributed by atoms with Crippen molar-refractivity contribution in [2.24, 2.45) is 4.99 Å². The molecular weight excluding hydrogens is 510 g/mol. The molecule has 1 aliphatic rings. The number of carbonyl (C=O) groups excluding carboxylic acids is 2. The second-order valence-corrected chi connectivity index (χ2v) is 11.0. The van der Waals surface area contributed by atoms with Gasteiger partial charge >= 0.3 is 6.09 Å². The molecule has 10 nitrogen and oxygen atoms in total. The molecule has 1 aromatic carbocycles. The van der Waals surface area contributed by atoms with Crippen LogP contribution in [0.4, 0.5) is 4.79 Å². The Morgan fingerprint density at radius 3 is 2.27 bits per heavy atom. The molecule has 0 saturated heterocycles. The van der Waals surface area contributed by atoms with Crippen LogP contribution in [0.15, 0.2) is 23.2 Å². The van der Waals surface area contributed by atoms with Gasteiger partial charge in [-0.2, -0.15) is 0 Å². The van der Waals surface area contributed by atoms with Crippen LogP contribution in [-0.4, -0.2) is 79.3 Å². The van der Waals surface area contributed by atoms with Crippen molar-refractivity contribution >= 4 is 34.3 Å². The van der Waals surface area contributed by atoms with Crippen molar-refractivity contribution in [2.45, 2.75) is 79.7 Å². The van der Waals surface area contributed by atoms with Crippen LogP contribution in [0.25, 0.3) is 16.6 Å². The summed E-state index contributed by atoms with van der Waals surface area (Å²) in [6.45, 7) is 16.9. The van der Waals surface area contributed by atoms with Gasteiger partial charge in [0, 0.05) is 38.6 Å². The second kappa shape index (κ2) is 13.4. The van der Waals surface area contributed by atoms with Gasteiger partial charge in [0.2, 0.25) is 0 Å². The van der Waals surface area contributed by atoms with Crippen LogP contribution in [0.1, 0.15) is 70.2 Å². The third-order valence-corrected chi connectivity index (χ3v) is 6.85. The molecule has 40 heavy (non-hydrogen) atoms. The standard InChI is InChI=1S/C30H45N5O5/c1-10-34-25-18-22(23-16-20(3)32-21(23)4)17-24(28(36)33(12-14-38-8)13-15-39-9)27(25)35(11-2)26(34)19-31-29(37)40-30(5,6)7/h16-18,20H,10-15,19H2,1-9H3/p+1. The van der Waals surface area contributed by atoms with Crippen molar-refractivity contribution < 1.29 is 28.4 Å². The van der Waals surface area contributed by atoms with Gasteiger partial charge in [-0.25, -0.2) is 13.9 Å². The molecule has 0 spiro atoms. The quantitative estimate of drug-likeness (QED) is 0.399. The molecule has 1 unspecified atom stereocenters. The Kier molecular flexibility index (Phi) is 10.5. The van der Waals surface area contributed by atoms with Crippen LogP contribution in [0.2, 0.25) is 0 Å². The number of alkyl carbamates (subject to hydrolysis) is 1. The first-order valence-electron chi connectivity index (χ1n) is 14.1. The van der Waals surface area contributed by atoms with Crippen LogP contribution in [-0.2, 0) is 33.8 Å². The lowest BCUT2D eigenvalue weighted by Gasteiger charge is -2.22. The molecule has 3 rings (SSSR count). The summed E-state index contributed by atoms with van der Waals surface area (Å²) < 4.78 is 20.4. The SMILES string of the molecule is CCn1c(CNC(=O)OC(C)(C)C)[n+](CC)c2cc(C3=CC(C)N=C3C)cc(C(=O)N(CCOC)CCOC)c21. The summed E-state index contributed by atoms with van der Waals surface area (Å²) >= 11 is 0. The summed E-state index contributed by atoms with van der Waals surface area (Å²) in [5, 5.41) is 2.91. The van der Waals surface area contributed by atoms with Crippen molar-refractivity contribution in [2.75, 3.05) is 40.5 Å². The summed E-state index contributed by atoms with van der Waals surface area (Å²) in [5.41, 5.74) is 4.69. The number of nitrogens with zero attached hydrogens (tertiary/aromatic N) is 4. The first-order chi connectivity index (χ1) is 18.9. The number of nitrogens with one attached hydrogen (secondary N) is 1. The van der Waals surface area contributed by atoms with E-state index in [2.05, 4.69) is 40.4 Å². The molecule has 220 valence electrons. The van der Waals surface area contributed by atoms with Crippen molar-refractivity contribution in [1.29, 1.82) is 0 Å². The van der Waals surface area contributed by atoms with E-state index in [4.69, 9.17) is 19.2 Å². The molecule has 0 bridgehead atoms. The van der Waals surface area contributed by atoms with Crippen molar-refractivity contribution in [3.05, 3.63) is 35.2 Å². The van der Waals surface area contributed by atoms with Gasteiger partial charge in [0.15, 0.2) is 11.0 Å². The maximum Gasteiger partial charge on any atom is 0.408 e. The minimum atomic E-state index is -0.601. The molecule has 2 aromatic rings. The predicted octanol–water partition coefficient (Wildman–Crippen LogP) is 3.97. The Bertz CT molecular complexity index is 1280. The zero-order valence-corrected chi connectivity index (χ0v) is 25.6. The van der Waals surface area contributed by atoms with Crippen LogP contribution < -0.4 is 9.88 Å². The number of aryl methyl sites for hydroxylation is 2. The van der Waals surface area contributed by atoms with Gasteiger partial charge in [-0.3, -0.25) is 9.79 Å². The minimum Gasteiger partial charge on any atom is -0.444 e. The smallest absolute Gasteiger partial charge is 0.408 e. The number of carbonyl (C=O) groups is 2. The number of hydrogen-bond acceptors (Lipinski definition) is 6. The lowest BCUT2D eigenvalue weighted by atomic mass is 9.98. The molecule has 1 aliphatic heterocycles. The number of benzene rings is 1. The van der Waals surface area contributed by atoms with E-state index in [0.29, 0.717) is 45.0 Å². The molecule has 10 heteroatoms. The Hall–Kier alpha value is -3.24. The second-order valence-electron chi connectivity index (χ2n) is 11.0. The lowest BCUT2D eigenvalue weighted by molar-refractivity contribution is -0.676. The van der Waals surface area contributed by atoms with Crippen molar-refractivity contribution in [3.63, 3.8) is 0 Å². The fourth-order valence-corrected chi connectivity index (χ4v) is 5.16. The Morgan fingerprint density at radius 1 is 1.12 bits per heavy atom. The molecule has 1 N–H and O–H groups in total. The lowest BCUT2D eigenvalue weighted by Crippen LogP contribution is -2.41. The number of ether oxygens (including phenoxy) is 3. The number of hydrogen-bond donors (Lipinski definition) is 1. The van der Waals surface area contributed by atoms with E-state index >= 15 is 0 Å². The Morgan fingerprint density at radius 2 is 1.77 bits per heavy atom. The van der Waals surface area contributed by atoms with E-state index in [1.54, 1.807) is 19.1 Å². The predicted molar refractivity (Wildman–Crippen MR) is 157 cm³/mol. The highest BCUT2D eigenvalue weighted by Crippen LogP contribution is 2.30. The molecule has 0 aliphatic carbocycles. The van der Waals surface area contributed by atoms with E-state index in [1.807, 2.05) is 40.7 Å². The number of allylic oxidation sites excluding steroid dienone is 1. The zero-order chi connectivity index (χ0) is 29.6. The largest absolute Gasteiger partial charge is 0.444 e. The van der Waals surface area contributed by atoms with Gasteiger partial charge in [0.1, 0.15) is 12.1 Å². The third kappa shape index (κ3) is 7.09. The number of imidazole rings is 1. The molecule has 1 atom stereocenters. The normalized spacial score (nSPS) is 15.3. The van der Waals surface area contributed by atoms with Crippen LogP contribution in [0.3, 0.4) is 0 Å². The van der Waals surface area contributed by atoms with E-state index in [9.17, 15) is 9.59 Å². The van der Waals surface area contributed by atoms with Crippen LogP contribution >= 0.6 is 0 Å². The topological polar surface area (TPSA) is 98.3 Å². The number of amides is 2. The van der Waals surface area contributed by atoms with Crippen molar-refractivity contribution in [1.82, 2.24) is 14.8 Å². The highest BCUT2D eigenvalue weighted by Gasteiger charge is 2.32. The molecule has 0 saturated carbocycles. The molecule has 0 radical (unpaired) electrons. The average molecular weight is 557 g/mol. The molecular formula is C30H46N5O5+. The van der Waals surface area contributed by atoms with Gasteiger partial charge < -0.3 is 24.4 Å². The van der Waals surface area contributed by atoms with Crippen molar-refractivity contribution in [3.8, 4) is 0 Å². The maximum absolute atomic E-state index is 14.2. The van der Waals surface area contributed by atoms with E-state index in [0.717, 1.165) is 33.7 Å².